The lowest BCUT2D eigenvalue weighted by Crippen LogP contribution is -2.48. The monoisotopic (exact) mass is 345 g/mol. The van der Waals surface area contributed by atoms with E-state index in [-0.39, 0.29) is 11.2 Å². The van der Waals surface area contributed by atoms with Crippen LogP contribution in [0.1, 0.15) is 44.8 Å². The van der Waals surface area contributed by atoms with Gasteiger partial charge in [0.25, 0.3) is 0 Å². The molecule has 1 aromatic rings. The molecule has 0 saturated carbocycles. The van der Waals surface area contributed by atoms with Crippen LogP contribution in [0.5, 0.6) is 0 Å². The maximum atomic E-state index is 12.1. The minimum absolute atomic E-state index is 0.0850. The van der Waals surface area contributed by atoms with Crippen molar-refractivity contribution >= 4 is 21.4 Å². The summed E-state index contributed by atoms with van der Waals surface area (Å²) in [6.07, 6.45) is 0.678. The van der Waals surface area contributed by atoms with Gasteiger partial charge in [0.05, 0.1) is 18.0 Å². The van der Waals surface area contributed by atoms with Crippen molar-refractivity contribution in [3.8, 4) is 0 Å². The summed E-state index contributed by atoms with van der Waals surface area (Å²) >= 11 is 1.70. The molecule has 0 amide bonds. The van der Waals surface area contributed by atoms with Gasteiger partial charge in [0.15, 0.2) is 0 Å². The molecule has 0 aliphatic carbocycles. The van der Waals surface area contributed by atoms with Gasteiger partial charge in [-0.2, -0.15) is 4.31 Å². The van der Waals surface area contributed by atoms with Crippen molar-refractivity contribution in [1.82, 2.24) is 14.2 Å². The van der Waals surface area contributed by atoms with Crippen LogP contribution in [0.3, 0.4) is 0 Å². The van der Waals surface area contributed by atoms with Crippen molar-refractivity contribution in [3.05, 3.63) is 16.1 Å². The zero-order valence-corrected chi connectivity index (χ0v) is 15.6. The molecule has 126 valence electrons. The normalized spacial score (nSPS) is 18.7. The van der Waals surface area contributed by atoms with Gasteiger partial charge in [-0.1, -0.05) is 27.7 Å². The van der Waals surface area contributed by atoms with E-state index in [1.807, 2.05) is 6.92 Å². The van der Waals surface area contributed by atoms with Crippen LogP contribution in [-0.2, 0) is 22.0 Å². The Kier molecular flexibility index (Phi) is 5.63. The summed E-state index contributed by atoms with van der Waals surface area (Å²) in [6.45, 7) is 12.0. The van der Waals surface area contributed by atoms with Crippen molar-refractivity contribution in [2.45, 2.75) is 46.1 Å². The van der Waals surface area contributed by atoms with Crippen LogP contribution < -0.4 is 0 Å². The van der Waals surface area contributed by atoms with E-state index in [0.717, 1.165) is 30.3 Å². The molecular weight excluding hydrogens is 318 g/mol. The number of thiazole rings is 1. The molecule has 2 heterocycles. The fourth-order valence-electron chi connectivity index (χ4n) is 2.47. The lowest BCUT2D eigenvalue weighted by atomic mass is 9.93. The zero-order chi connectivity index (χ0) is 16.4. The van der Waals surface area contributed by atoms with Gasteiger partial charge < -0.3 is 0 Å². The third-order valence-electron chi connectivity index (χ3n) is 3.87. The Bertz CT molecular complexity index is 582. The van der Waals surface area contributed by atoms with Crippen LogP contribution in [0.4, 0.5) is 0 Å². The van der Waals surface area contributed by atoms with Gasteiger partial charge in [-0.15, -0.1) is 11.3 Å². The number of piperazine rings is 1. The first-order chi connectivity index (χ1) is 10.2. The standard InChI is InChI=1S/C15H27N3O2S2/c1-5-10-22(19,20)18-8-6-17(7-9-18)11-14-16-13(12-21-14)15(2,3)4/h12H,5-11H2,1-4H3. The van der Waals surface area contributed by atoms with Gasteiger partial charge in [0.2, 0.25) is 10.0 Å². The largest absolute Gasteiger partial charge is 0.294 e. The Morgan fingerprint density at radius 2 is 1.86 bits per heavy atom. The molecule has 0 radical (unpaired) electrons. The number of aromatic nitrogens is 1. The first-order valence-electron chi connectivity index (χ1n) is 7.87. The van der Waals surface area contributed by atoms with E-state index in [1.54, 1.807) is 15.6 Å². The highest BCUT2D eigenvalue weighted by atomic mass is 32.2. The predicted molar refractivity (Wildman–Crippen MR) is 91.7 cm³/mol. The van der Waals surface area contributed by atoms with Crippen LogP contribution >= 0.6 is 11.3 Å². The van der Waals surface area contributed by atoms with E-state index in [1.165, 1.54) is 0 Å². The van der Waals surface area contributed by atoms with E-state index in [2.05, 4.69) is 31.1 Å². The summed E-state index contributed by atoms with van der Waals surface area (Å²) in [5.74, 6) is 0.258. The van der Waals surface area contributed by atoms with Crippen LogP contribution in [-0.4, -0.2) is 54.5 Å². The molecular formula is C15H27N3O2S2. The van der Waals surface area contributed by atoms with E-state index in [4.69, 9.17) is 4.98 Å². The number of hydrogen-bond donors (Lipinski definition) is 0. The summed E-state index contributed by atoms with van der Waals surface area (Å²) < 4.78 is 25.8. The molecule has 0 bridgehead atoms. The molecule has 0 unspecified atom stereocenters. The van der Waals surface area contributed by atoms with E-state index >= 15 is 0 Å². The van der Waals surface area contributed by atoms with Crippen LogP contribution in [0.15, 0.2) is 5.38 Å². The molecule has 2 rings (SSSR count). The van der Waals surface area contributed by atoms with Crippen LogP contribution in [0, 0.1) is 0 Å². The molecule has 0 atom stereocenters. The minimum Gasteiger partial charge on any atom is -0.294 e. The Hall–Kier alpha value is -0.500. The number of sulfonamides is 1. The van der Waals surface area contributed by atoms with E-state index in [0.29, 0.717) is 19.5 Å². The average molecular weight is 346 g/mol. The molecule has 1 aliphatic heterocycles. The SMILES string of the molecule is CCCS(=O)(=O)N1CCN(Cc2nc(C(C)(C)C)cs2)CC1. The molecule has 0 spiro atoms. The third kappa shape index (κ3) is 4.50. The summed E-state index contributed by atoms with van der Waals surface area (Å²) in [4.78, 5) is 7.01. The maximum absolute atomic E-state index is 12.1. The molecule has 1 fully saturated rings. The van der Waals surface area contributed by atoms with Gasteiger partial charge in [-0.3, -0.25) is 4.90 Å². The van der Waals surface area contributed by atoms with Gasteiger partial charge in [-0.05, 0) is 6.42 Å². The van der Waals surface area contributed by atoms with E-state index in [9.17, 15) is 8.42 Å². The summed E-state index contributed by atoms with van der Waals surface area (Å²) in [5, 5.41) is 3.26. The molecule has 0 aromatic carbocycles. The fourth-order valence-corrected chi connectivity index (χ4v) is 5.03. The molecule has 0 N–H and O–H groups in total. The van der Waals surface area contributed by atoms with Gasteiger partial charge in [-0.25, -0.2) is 13.4 Å². The van der Waals surface area contributed by atoms with Crippen molar-refractivity contribution in [2.75, 3.05) is 31.9 Å². The average Bonchev–Trinajstić information content (AvgIpc) is 2.88. The molecule has 5 nitrogen and oxygen atoms in total. The highest BCUT2D eigenvalue weighted by Gasteiger charge is 2.26. The molecule has 1 aromatic heterocycles. The Balaban J connectivity index is 1.89. The Morgan fingerprint density at radius 1 is 1.23 bits per heavy atom. The smallest absolute Gasteiger partial charge is 0.214 e. The first kappa shape index (κ1) is 17.8. The van der Waals surface area contributed by atoms with Crippen molar-refractivity contribution in [3.63, 3.8) is 0 Å². The topological polar surface area (TPSA) is 53.5 Å². The van der Waals surface area contributed by atoms with Gasteiger partial charge >= 0.3 is 0 Å². The highest BCUT2D eigenvalue weighted by Crippen LogP contribution is 2.24. The number of hydrogen-bond acceptors (Lipinski definition) is 5. The second-order valence-electron chi connectivity index (χ2n) is 6.87. The fraction of sp³-hybridized carbons (Fsp3) is 0.800. The quantitative estimate of drug-likeness (QED) is 0.822. The second-order valence-corrected chi connectivity index (χ2v) is 9.90. The van der Waals surface area contributed by atoms with E-state index < -0.39 is 10.0 Å². The third-order valence-corrected chi connectivity index (χ3v) is 6.78. The first-order valence-corrected chi connectivity index (χ1v) is 10.4. The molecule has 1 aliphatic rings. The zero-order valence-electron chi connectivity index (χ0n) is 14.0. The molecule has 1 saturated heterocycles. The van der Waals surface area contributed by atoms with Gasteiger partial charge in [0.1, 0.15) is 5.01 Å². The predicted octanol–water partition coefficient (Wildman–Crippen LogP) is 2.30. The van der Waals surface area contributed by atoms with Crippen molar-refractivity contribution < 1.29 is 8.42 Å². The Morgan fingerprint density at radius 3 is 2.36 bits per heavy atom. The summed E-state index contributed by atoms with van der Waals surface area (Å²) in [7, 11) is -3.05. The van der Waals surface area contributed by atoms with Crippen molar-refractivity contribution in [2.24, 2.45) is 0 Å². The highest BCUT2D eigenvalue weighted by molar-refractivity contribution is 7.89. The van der Waals surface area contributed by atoms with Crippen molar-refractivity contribution in [1.29, 1.82) is 0 Å². The maximum Gasteiger partial charge on any atom is 0.214 e. The molecule has 7 heteroatoms. The lowest BCUT2D eigenvalue weighted by molar-refractivity contribution is 0.181. The van der Waals surface area contributed by atoms with Crippen LogP contribution in [0.2, 0.25) is 0 Å². The number of rotatable bonds is 5. The second kappa shape index (κ2) is 6.95. The molecule has 22 heavy (non-hydrogen) atoms. The number of nitrogens with zero attached hydrogens (tertiary/aromatic N) is 3. The Labute approximate surface area is 138 Å². The van der Waals surface area contributed by atoms with Gasteiger partial charge in [0, 0.05) is 37.0 Å². The lowest BCUT2D eigenvalue weighted by Gasteiger charge is -2.33. The minimum atomic E-state index is -3.05. The summed E-state index contributed by atoms with van der Waals surface area (Å²) in [6, 6.07) is 0. The van der Waals surface area contributed by atoms with Crippen LogP contribution in [0.25, 0.3) is 0 Å². The summed E-state index contributed by atoms with van der Waals surface area (Å²) in [5.41, 5.74) is 1.22.